The number of rotatable bonds is 4. The summed E-state index contributed by atoms with van der Waals surface area (Å²) in [7, 11) is -3.35. The standard InChI is InChI=1S/C11H17NO3S2/c1-2-10-4-3-5-12(10)17(14,15)11-6-9(7-13)8-16-11/h6,8,10,13H,2-5,7H2,1H3. The minimum absolute atomic E-state index is 0.108. The fourth-order valence-corrected chi connectivity index (χ4v) is 5.32. The van der Waals surface area contributed by atoms with Crippen LogP contribution in [0.5, 0.6) is 0 Å². The van der Waals surface area contributed by atoms with Gasteiger partial charge in [0.2, 0.25) is 0 Å². The Balaban J connectivity index is 2.29. The summed E-state index contributed by atoms with van der Waals surface area (Å²) in [4.78, 5) is 0. The number of aliphatic hydroxyl groups is 1. The lowest BCUT2D eigenvalue weighted by Gasteiger charge is -2.21. The van der Waals surface area contributed by atoms with Gasteiger partial charge in [-0.15, -0.1) is 11.3 Å². The van der Waals surface area contributed by atoms with E-state index in [1.54, 1.807) is 15.8 Å². The van der Waals surface area contributed by atoms with Crippen molar-refractivity contribution in [2.75, 3.05) is 6.54 Å². The van der Waals surface area contributed by atoms with Crippen molar-refractivity contribution in [2.24, 2.45) is 0 Å². The van der Waals surface area contributed by atoms with Gasteiger partial charge in [0.05, 0.1) is 6.61 Å². The van der Waals surface area contributed by atoms with Crippen LogP contribution in [0.4, 0.5) is 0 Å². The molecule has 0 spiro atoms. The van der Waals surface area contributed by atoms with Gasteiger partial charge in [-0.05, 0) is 36.3 Å². The van der Waals surface area contributed by atoms with E-state index in [-0.39, 0.29) is 12.6 Å². The average molecular weight is 275 g/mol. The monoisotopic (exact) mass is 275 g/mol. The van der Waals surface area contributed by atoms with Gasteiger partial charge in [0, 0.05) is 12.6 Å². The van der Waals surface area contributed by atoms with Crippen LogP contribution in [-0.4, -0.2) is 30.4 Å². The largest absolute Gasteiger partial charge is 0.392 e. The molecule has 4 nitrogen and oxygen atoms in total. The van der Waals surface area contributed by atoms with Gasteiger partial charge >= 0.3 is 0 Å². The molecular formula is C11H17NO3S2. The van der Waals surface area contributed by atoms with Crippen LogP contribution in [0.3, 0.4) is 0 Å². The van der Waals surface area contributed by atoms with E-state index in [0.29, 0.717) is 16.3 Å². The average Bonchev–Trinajstić information content (AvgIpc) is 2.97. The van der Waals surface area contributed by atoms with Crippen molar-refractivity contribution >= 4 is 21.4 Å². The summed E-state index contributed by atoms with van der Waals surface area (Å²) < 4.78 is 26.7. The van der Waals surface area contributed by atoms with Gasteiger partial charge in [-0.25, -0.2) is 8.42 Å². The lowest BCUT2D eigenvalue weighted by atomic mass is 10.2. The molecule has 1 saturated heterocycles. The fourth-order valence-electron chi connectivity index (χ4n) is 2.22. The Bertz CT molecular complexity index is 481. The lowest BCUT2D eigenvalue weighted by Crippen LogP contribution is -2.34. The SMILES string of the molecule is CCC1CCCN1S(=O)(=O)c1cc(CO)cs1. The molecule has 6 heteroatoms. The van der Waals surface area contributed by atoms with Gasteiger partial charge in [-0.1, -0.05) is 6.92 Å². The second kappa shape index (κ2) is 5.06. The van der Waals surface area contributed by atoms with Crippen LogP contribution in [0, 0.1) is 0 Å². The summed E-state index contributed by atoms with van der Waals surface area (Å²) in [6, 6.07) is 1.71. The Morgan fingerprint density at radius 3 is 2.94 bits per heavy atom. The smallest absolute Gasteiger partial charge is 0.252 e. The van der Waals surface area contributed by atoms with Gasteiger partial charge in [-0.2, -0.15) is 4.31 Å². The Morgan fingerprint density at radius 2 is 2.35 bits per heavy atom. The Hall–Kier alpha value is -0.430. The maximum atomic E-state index is 12.4. The van der Waals surface area contributed by atoms with Crippen LogP contribution in [-0.2, 0) is 16.6 Å². The summed E-state index contributed by atoms with van der Waals surface area (Å²) in [5.74, 6) is 0. The first kappa shape index (κ1) is 13.0. The van der Waals surface area contributed by atoms with E-state index in [0.717, 1.165) is 19.3 Å². The van der Waals surface area contributed by atoms with Crippen molar-refractivity contribution in [3.63, 3.8) is 0 Å². The second-order valence-electron chi connectivity index (χ2n) is 4.25. The topological polar surface area (TPSA) is 57.6 Å². The van der Waals surface area contributed by atoms with E-state index >= 15 is 0 Å². The maximum absolute atomic E-state index is 12.4. The van der Waals surface area contributed by atoms with Crippen molar-refractivity contribution in [3.8, 4) is 0 Å². The molecule has 2 heterocycles. The van der Waals surface area contributed by atoms with Crippen LogP contribution >= 0.6 is 11.3 Å². The first-order valence-electron chi connectivity index (χ1n) is 5.79. The summed E-state index contributed by atoms with van der Waals surface area (Å²) in [6.07, 6.45) is 2.75. The molecule has 0 bridgehead atoms. The number of thiophene rings is 1. The molecule has 1 N–H and O–H groups in total. The van der Waals surface area contributed by atoms with Crippen molar-refractivity contribution in [3.05, 3.63) is 17.0 Å². The molecule has 0 saturated carbocycles. The van der Waals surface area contributed by atoms with Crippen LogP contribution in [0.1, 0.15) is 31.7 Å². The molecule has 0 aliphatic carbocycles. The molecule has 96 valence electrons. The minimum atomic E-state index is -3.35. The highest BCUT2D eigenvalue weighted by Crippen LogP contribution is 2.30. The molecule has 17 heavy (non-hydrogen) atoms. The Morgan fingerprint density at radius 1 is 1.59 bits per heavy atom. The molecule has 1 aliphatic rings. The summed E-state index contributed by atoms with van der Waals surface area (Å²) in [6.45, 7) is 2.53. The molecule has 0 aromatic carbocycles. The van der Waals surface area contributed by atoms with Crippen molar-refractivity contribution in [2.45, 2.75) is 43.0 Å². The summed E-state index contributed by atoms with van der Waals surface area (Å²) >= 11 is 1.19. The molecular weight excluding hydrogens is 258 g/mol. The van der Waals surface area contributed by atoms with Crippen molar-refractivity contribution < 1.29 is 13.5 Å². The van der Waals surface area contributed by atoms with Crippen molar-refractivity contribution in [1.82, 2.24) is 4.31 Å². The molecule has 1 atom stereocenters. The molecule has 1 fully saturated rings. The lowest BCUT2D eigenvalue weighted by molar-refractivity contribution is 0.282. The normalized spacial score (nSPS) is 22.1. The number of hydrogen-bond donors (Lipinski definition) is 1. The van der Waals surface area contributed by atoms with Crippen molar-refractivity contribution in [1.29, 1.82) is 0 Å². The Kier molecular flexibility index (Phi) is 3.87. The zero-order chi connectivity index (χ0) is 12.5. The van der Waals surface area contributed by atoms with Gasteiger partial charge < -0.3 is 5.11 Å². The number of hydrogen-bond acceptors (Lipinski definition) is 4. The van der Waals surface area contributed by atoms with Crippen LogP contribution in [0.25, 0.3) is 0 Å². The molecule has 1 aromatic rings. The molecule has 2 rings (SSSR count). The van der Waals surface area contributed by atoms with E-state index in [1.807, 2.05) is 6.92 Å². The van der Waals surface area contributed by atoms with Gasteiger partial charge in [-0.3, -0.25) is 0 Å². The molecule has 0 amide bonds. The highest BCUT2D eigenvalue weighted by atomic mass is 32.2. The maximum Gasteiger partial charge on any atom is 0.252 e. The zero-order valence-corrected chi connectivity index (χ0v) is 11.4. The Labute approximate surface area is 106 Å². The quantitative estimate of drug-likeness (QED) is 0.911. The number of sulfonamides is 1. The van der Waals surface area contributed by atoms with Crippen LogP contribution < -0.4 is 0 Å². The molecule has 1 aliphatic heterocycles. The van der Waals surface area contributed by atoms with Gasteiger partial charge in [0.15, 0.2) is 0 Å². The zero-order valence-electron chi connectivity index (χ0n) is 9.80. The third kappa shape index (κ3) is 2.40. The van der Waals surface area contributed by atoms with Crippen LogP contribution in [0.2, 0.25) is 0 Å². The fraction of sp³-hybridized carbons (Fsp3) is 0.636. The molecule has 0 radical (unpaired) electrons. The van der Waals surface area contributed by atoms with E-state index < -0.39 is 10.0 Å². The highest BCUT2D eigenvalue weighted by molar-refractivity contribution is 7.91. The van der Waals surface area contributed by atoms with E-state index in [1.165, 1.54) is 11.3 Å². The van der Waals surface area contributed by atoms with E-state index in [4.69, 9.17) is 5.11 Å². The predicted octanol–water partition coefficient (Wildman–Crippen LogP) is 1.80. The number of aliphatic hydroxyl groups excluding tert-OH is 1. The highest BCUT2D eigenvalue weighted by Gasteiger charge is 2.34. The van der Waals surface area contributed by atoms with Crippen LogP contribution in [0.15, 0.2) is 15.7 Å². The predicted molar refractivity (Wildman–Crippen MR) is 67.4 cm³/mol. The van der Waals surface area contributed by atoms with Gasteiger partial charge in [0.1, 0.15) is 4.21 Å². The first-order chi connectivity index (χ1) is 8.09. The molecule has 1 unspecified atom stereocenters. The second-order valence-corrected chi connectivity index (χ2v) is 7.28. The van der Waals surface area contributed by atoms with Gasteiger partial charge in [0.25, 0.3) is 10.0 Å². The summed E-state index contributed by atoms with van der Waals surface area (Å²) in [5.41, 5.74) is 0.667. The minimum Gasteiger partial charge on any atom is -0.392 e. The molecule has 1 aromatic heterocycles. The number of nitrogens with zero attached hydrogens (tertiary/aromatic N) is 1. The summed E-state index contributed by atoms with van der Waals surface area (Å²) in [5, 5.41) is 10.7. The first-order valence-corrected chi connectivity index (χ1v) is 8.11. The third-order valence-electron chi connectivity index (χ3n) is 3.17. The van der Waals surface area contributed by atoms with E-state index in [9.17, 15) is 8.42 Å². The third-order valence-corrected chi connectivity index (χ3v) is 6.59. The van der Waals surface area contributed by atoms with E-state index in [2.05, 4.69) is 0 Å².